The minimum absolute atomic E-state index is 0.546. The van der Waals surface area contributed by atoms with Crippen molar-refractivity contribution in [3.8, 4) is 0 Å². The van der Waals surface area contributed by atoms with Crippen LogP contribution >= 0.6 is 11.3 Å². The van der Waals surface area contributed by atoms with Crippen LogP contribution in [0.5, 0.6) is 0 Å². The normalized spacial score (nSPS) is 17.8. The molecule has 1 aliphatic rings. The van der Waals surface area contributed by atoms with E-state index in [2.05, 4.69) is 27.9 Å². The van der Waals surface area contributed by atoms with E-state index in [9.17, 15) is 0 Å². The van der Waals surface area contributed by atoms with Gasteiger partial charge in [-0.15, -0.1) is 11.3 Å². The Hall–Kier alpha value is -1.07. The number of imidazole rings is 1. The first-order valence-electron chi connectivity index (χ1n) is 7.18. The highest BCUT2D eigenvalue weighted by atomic mass is 32.1. The van der Waals surface area contributed by atoms with Crippen molar-refractivity contribution in [3.05, 3.63) is 17.3 Å². The van der Waals surface area contributed by atoms with E-state index in [1.165, 1.54) is 38.5 Å². The van der Waals surface area contributed by atoms with Gasteiger partial charge in [0.2, 0.25) is 0 Å². The Morgan fingerprint density at radius 1 is 1.37 bits per heavy atom. The molecule has 0 bridgehead atoms. The molecule has 0 unspecified atom stereocenters. The van der Waals surface area contributed by atoms with Gasteiger partial charge in [-0.3, -0.25) is 4.40 Å². The van der Waals surface area contributed by atoms with Crippen molar-refractivity contribution in [2.75, 3.05) is 11.9 Å². The molecule has 2 N–H and O–H groups in total. The van der Waals surface area contributed by atoms with Gasteiger partial charge in [0.15, 0.2) is 10.8 Å². The maximum Gasteiger partial charge on any atom is 0.195 e. The zero-order valence-corrected chi connectivity index (χ0v) is 12.3. The molecule has 2 aromatic heterocycles. The largest absolute Gasteiger partial charge is 0.355 e. The van der Waals surface area contributed by atoms with Crippen LogP contribution in [0.2, 0.25) is 0 Å². The predicted molar refractivity (Wildman–Crippen MR) is 80.9 cm³/mol. The molecular weight excluding hydrogens is 256 g/mol. The second-order valence-electron chi connectivity index (χ2n) is 5.40. The SMILES string of the molecule is CN(c1nc2sccn2c1CN)C1CCCCCC1. The van der Waals surface area contributed by atoms with Crippen LogP contribution in [-0.2, 0) is 6.54 Å². The first-order valence-corrected chi connectivity index (χ1v) is 8.06. The highest BCUT2D eigenvalue weighted by Crippen LogP contribution is 2.29. The molecule has 0 saturated heterocycles. The second-order valence-corrected chi connectivity index (χ2v) is 6.27. The molecule has 1 fully saturated rings. The number of nitrogens with zero attached hydrogens (tertiary/aromatic N) is 3. The lowest BCUT2D eigenvalue weighted by atomic mass is 10.1. The Morgan fingerprint density at radius 3 is 2.79 bits per heavy atom. The number of nitrogens with two attached hydrogens (primary N) is 1. The summed E-state index contributed by atoms with van der Waals surface area (Å²) < 4.78 is 2.13. The highest BCUT2D eigenvalue weighted by Gasteiger charge is 2.22. The Labute approximate surface area is 118 Å². The molecule has 3 rings (SSSR count). The van der Waals surface area contributed by atoms with Crippen molar-refractivity contribution >= 4 is 22.1 Å². The number of aromatic nitrogens is 2. The van der Waals surface area contributed by atoms with Gasteiger partial charge in [-0.1, -0.05) is 25.7 Å². The summed E-state index contributed by atoms with van der Waals surface area (Å²) >= 11 is 1.68. The summed E-state index contributed by atoms with van der Waals surface area (Å²) in [4.78, 5) is 8.20. The van der Waals surface area contributed by atoms with Crippen molar-refractivity contribution in [3.63, 3.8) is 0 Å². The van der Waals surface area contributed by atoms with E-state index < -0.39 is 0 Å². The maximum atomic E-state index is 5.94. The number of fused-ring (bicyclic) bond motifs is 1. The molecule has 19 heavy (non-hydrogen) atoms. The zero-order chi connectivity index (χ0) is 13.2. The Kier molecular flexibility index (Phi) is 3.75. The lowest BCUT2D eigenvalue weighted by Gasteiger charge is -2.28. The molecule has 0 aliphatic heterocycles. The van der Waals surface area contributed by atoms with Gasteiger partial charge in [0, 0.05) is 31.2 Å². The molecule has 0 amide bonds. The van der Waals surface area contributed by atoms with Crippen molar-refractivity contribution in [1.82, 2.24) is 9.38 Å². The number of hydrogen-bond acceptors (Lipinski definition) is 4. The third kappa shape index (κ3) is 2.37. The van der Waals surface area contributed by atoms with Crippen molar-refractivity contribution in [1.29, 1.82) is 0 Å². The minimum Gasteiger partial charge on any atom is -0.355 e. The van der Waals surface area contributed by atoms with E-state index in [1.54, 1.807) is 11.3 Å². The number of thiazole rings is 1. The topological polar surface area (TPSA) is 46.6 Å². The molecule has 0 aromatic carbocycles. The standard InChI is InChI=1S/C14H22N4S/c1-17(11-6-4-2-3-5-7-11)13-12(10-15)18-8-9-19-14(18)16-13/h8-9,11H,2-7,10,15H2,1H3. The van der Waals surface area contributed by atoms with Crippen LogP contribution in [0.3, 0.4) is 0 Å². The lowest BCUT2D eigenvalue weighted by Crippen LogP contribution is -2.32. The maximum absolute atomic E-state index is 5.94. The second kappa shape index (κ2) is 5.51. The van der Waals surface area contributed by atoms with Crippen LogP contribution in [0.4, 0.5) is 5.82 Å². The van der Waals surface area contributed by atoms with Crippen molar-refractivity contribution in [2.24, 2.45) is 5.73 Å². The van der Waals surface area contributed by atoms with Crippen LogP contribution < -0.4 is 10.6 Å². The molecule has 4 nitrogen and oxygen atoms in total. The highest BCUT2D eigenvalue weighted by molar-refractivity contribution is 7.15. The quantitative estimate of drug-likeness (QED) is 0.878. The van der Waals surface area contributed by atoms with Gasteiger partial charge in [0.25, 0.3) is 0 Å². The molecule has 0 radical (unpaired) electrons. The van der Waals surface area contributed by atoms with Crippen LogP contribution in [0.25, 0.3) is 4.96 Å². The third-order valence-electron chi connectivity index (χ3n) is 4.24. The van der Waals surface area contributed by atoms with Crippen LogP contribution in [0, 0.1) is 0 Å². The number of anilines is 1. The summed E-state index contributed by atoms with van der Waals surface area (Å²) in [5, 5.41) is 2.07. The fraction of sp³-hybridized carbons (Fsp3) is 0.643. The smallest absolute Gasteiger partial charge is 0.195 e. The summed E-state index contributed by atoms with van der Waals surface area (Å²) in [6.07, 6.45) is 10.1. The van der Waals surface area contributed by atoms with Crippen LogP contribution in [-0.4, -0.2) is 22.5 Å². The summed E-state index contributed by atoms with van der Waals surface area (Å²) in [5.74, 6) is 1.08. The van der Waals surface area contributed by atoms with E-state index in [-0.39, 0.29) is 0 Å². The predicted octanol–water partition coefficient (Wildman–Crippen LogP) is 3.01. The van der Waals surface area contributed by atoms with E-state index >= 15 is 0 Å². The number of hydrogen-bond donors (Lipinski definition) is 1. The molecule has 104 valence electrons. The first-order chi connectivity index (χ1) is 9.31. The van der Waals surface area contributed by atoms with E-state index in [1.807, 2.05) is 0 Å². The van der Waals surface area contributed by atoms with Gasteiger partial charge in [-0.25, -0.2) is 4.98 Å². The zero-order valence-electron chi connectivity index (χ0n) is 11.5. The molecule has 2 heterocycles. The van der Waals surface area contributed by atoms with Crippen molar-refractivity contribution in [2.45, 2.75) is 51.1 Å². The molecule has 0 atom stereocenters. The van der Waals surface area contributed by atoms with Gasteiger partial charge in [0.05, 0.1) is 5.69 Å². The molecule has 5 heteroatoms. The Morgan fingerprint density at radius 2 is 2.11 bits per heavy atom. The van der Waals surface area contributed by atoms with E-state index in [0.717, 1.165) is 16.5 Å². The molecule has 2 aromatic rings. The van der Waals surface area contributed by atoms with Crippen LogP contribution in [0.1, 0.15) is 44.2 Å². The minimum atomic E-state index is 0.546. The Bertz CT molecular complexity index is 537. The molecule has 1 saturated carbocycles. The van der Waals surface area contributed by atoms with Crippen LogP contribution in [0.15, 0.2) is 11.6 Å². The average molecular weight is 278 g/mol. The lowest BCUT2D eigenvalue weighted by molar-refractivity contribution is 0.548. The van der Waals surface area contributed by atoms with Gasteiger partial charge < -0.3 is 10.6 Å². The molecular formula is C14H22N4S. The average Bonchev–Trinajstić information content (AvgIpc) is 2.88. The molecule has 0 spiro atoms. The fourth-order valence-corrected chi connectivity index (χ4v) is 3.84. The fourth-order valence-electron chi connectivity index (χ4n) is 3.11. The van der Waals surface area contributed by atoms with E-state index in [0.29, 0.717) is 12.6 Å². The van der Waals surface area contributed by atoms with Gasteiger partial charge in [0.1, 0.15) is 0 Å². The first kappa shape index (κ1) is 12.9. The number of rotatable bonds is 3. The van der Waals surface area contributed by atoms with Gasteiger partial charge in [-0.05, 0) is 12.8 Å². The van der Waals surface area contributed by atoms with Crippen molar-refractivity contribution < 1.29 is 0 Å². The Balaban J connectivity index is 1.91. The van der Waals surface area contributed by atoms with Gasteiger partial charge >= 0.3 is 0 Å². The monoisotopic (exact) mass is 278 g/mol. The summed E-state index contributed by atoms with van der Waals surface area (Å²) in [6, 6.07) is 0.623. The third-order valence-corrected chi connectivity index (χ3v) is 5.00. The summed E-state index contributed by atoms with van der Waals surface area (Å²) in [7, 11) is 2.18. The van der Waals surface area contributed by atoms with Gasteiger partial charge in [-0.2, -0.15) is 0 Å². The summed E-state index contributed by atoms with van der Waals surface area (Å²) in [6.45, 7) is 0.546. The van der Waals surface area contributed by atoms with E-state index in [4.69, 9.17) is 10.7 Å². The summed E-state index contributed by atoms with van der Waals surface area (Å²) in [5.41, 5.74) is 7.08. The molecule has 1 aliphatic carbocycles.